The average Bonchev–Trinajstić information content (AvgIpc) is 3.64. The molecule has 2 aromatic rings. The van der Waals surface area contributed by atoms with Crippen LogP contribution in [0.25, 0.3) is 0 Å². The minimum absolute atomic E-state index is 0.00193. The Morgan fingerprint density at radius 2 is 1.70 bits per heavy atom. The van der Waals surface area contributed by atoms with Gasteiger partial charge in [0, 0.05) is 24.6 Å². The van der Waals surface area contributed by atoms with Crippen molar-refractivity contribution in [2.45, 2.75) is 31.8 Å². The lowest BCUT2D eigenvalue weighted by Gasteiger charge is -2.10. The third-order valence-corrected chi connectivity index (χ3v) is 4.73. The minimum Gasteiger partial charge on any atom is -0.504 e. The van der Waals surface area contributed by atoms with E-state index >= 15 is 0 Å². The second kappa shape index (κ2) is 12.5. The summed E-state index contributed by atoms with van der Waals surface area (Å²) in [6.07, 6.45) is 1.75. The van der Waals surface area contributed by atoms with E-state index < -0.39 is 0 Å². The molecule has 3 rings (SSSR count). The Hall–Kier alpha value is -3.46. The molecule has 0 aliphatic carbocycles. The largest absolute Gasteiger partial charge is 0.504 e. The first kappa shape index (κ1) is 24.2. The summed E-state index contributed by atoms with van der Waals surface area (Å²) in [5.74, 6) is 1.16. The van der Waals surface area contributed by atoms with Crippen LogP contribution in [0.15, 0.2) is 42.5 Å². The lowest BCUT2D eigenvalue weighted by Crippen LogP contribution is -2.13. The molecule has 1 aliphatic rings. The van der Waals surface area contributed by atoms with E-state index in [1.165, 1.54) is 13.2 Å². The zero-order valence-corrected chi connectivity index (χ0v) is 18.6. The Labute approximate surface area is 192 Å². The SMILES string of the molecule is COc1ccc(OCCCC(=O)Nc2ccc(OCCCC(=O)OCC3CO3)cc2)cc1O. The van der Waals surface area contributed by atoms with E-state index in [9.17, 15) is 14.7 Å². The molecule has 0 saturated carbocycles. The lowest BCUT2D eigenvalue weighted by atomic mass is 10.2. The molecule has 1 atom stereocenters. The van der Waals surface area contributed by atoms with Gasteiger partial charge in [-0.2, -0.15) is 0 Å². The first-order valence-corrected chi connectivity index (χ1v) is 10.8. The maximum atomic E-state index is 12.1. The highest BCUT2D eigenvalue weighted by Gasteiger charge is 2.24. The van der Waals surface area contributed by atoms with Gasteiger partial charge >= 0.3 is 5.97 Å². The summed E-state index contributed by atoms with van der Waals surface area (Å²) in [5, 5.41) is 12.6. The third kappa shape index (κ3) is 8.89. The number of phenolic OH excluding ortho intramolecular Hbond substituents is 1. The number of aromatic hydroxyl groups is 1. The molecular weight excluding hydrogens is 430 g/mol. The Morgan fingerprint density at radius 1 is 1.03 bits per heavy atom. The van der Waals surface area contributed by atoms with Crippen molar-refractivity contribution in [3.05, 3.63) is 42.5 Å². The van der Waals surface area contributed by atoms with Crippen LogP contribution in [0.5, 0.6) is 23.0 Å². The molecule has 1 heterocycles. The van der Waals surface area contributed by atoms with Crippen LogP contribution in [0.3, 0.4) is 0 Å². The number of carbonyl (C=O) groups excluding carboxylic acids is 2. The van der Waals surface area contributed by atoms with Gasteiger partial charge in [-0.25, -0.2) is 0 Å². The Morgan fingerprint density at radius 3 is 2.36 bits per heavy atom. The van der Waals surface area contributed by atoms with Gasteiger partial charge in [-0.1, -0.05) is 0 Å². The number of hydrogen-bond donors (Lipinski definition) is 2. The number of hydrogen-bond acceptors (Lipinski definition) is 8. The van der Waals surface area contributed by atoms with Gasteiger partial charge in [0.15, 0.2) is 11.5 Å². The number of phenols is 1. The molecular formula is C24H29NO8. The summed E-state index contributed by atoms with van der Waals surface area (Å²) in [6.45, 7) is 1.73. The number of benzene rings is 2. The molecule has 33 heavy (non-hydrogen) atoms. The Kier molecular flexibility index (Phi) is 9.19. The maximum absolute atomic E-state index is 12.1. The van der Waals surface area contributed by atoms with Crippen LogP contribution in [0.1, 0.15) is 25.7 Å². The van der Waals surface area contributed by atoms with Crippen LogP contribution < -0.4 is 19.5 Å². The number of rotatable bonds is 14. The van der Waals surface area contributed by atoms with Gasteiger partial charge in [-0.3, -0.25) is 9.59 Å². The highest BCUT2D eigenvalue weighted by molar-refractivity contribution is 5.90. The van der Waals surface area contributed by atoms with Crippen LogP contribution in [-0.4, -0.2) is 56.6 Å². The van der Waals surface area contributed by atoms with Crippen LogP contribution in [0.4, 0.5) is 5.69 Å². The number of esters is 1. The standard InChI is InChI=1S/C24H29NO8/c1-29-22-11-10-19(14-21(22)26)31-12-2-4-23(27)25-17-6-8-18(9-7-17)30-13-3-5-24(28)33-16-20-15-32-20/h6-11,14,20,26H,2-5,12-13,15-16H2,1H3,(H,25,27). The minimum atomic E-state index is -0.250. The van der Waals surface area contributed by atoms with Gasteiger partial charge in [-0.05, 0) is 49.2 Å². The molecule has 9 nitrogen and oxygen atoms in total. The van der Waals surface area contributed by atoms with E-state index in [-0.39, 0.29) is 23.7 Å². The molecule has 0 aromatic heterocycles. The molecule has 2 aromatic carbocycles. The third-order valence-electron chi connectivity index (χ3n) is 4.73. The van der Waals surface area contributed by atoms with Gasteiger partial charge < -0.3 is 34.1 Å². The van der Waals surface area contributed by atoms with E-state index in [4.69, 9.17) is 23.7 Å². The van der Waals surface area contributed by atoms with E-state index in [0.29, 0.717) is 75.0 Å². The normalized spacial score (nSPS) is 14.3. The molecule has 0 bridgehead atoms. The molecule has 1 unspecified atom stereocenters. The van der Waals surface area contributed by atoms with Gasteiger partial charge in [0.2, 0.25) is 5.91 Å². The monoisotopic (exact) mass is 459 g/mol. The quantitative estimate of drug-likeness (QED) is 0.251. The fraction of sp³-hybridized carbons (Fsp3) is 0.417. The predicted octanol–water partition coefficient (Wildman–Crippen LogP) is 3.30. The highest BCUT2D eigenvalue weighted by atomic mass is 16.6. The number of methoxy groups -OCH3 is 1. The first-order valence-electron chi connectivity index (χ1n) is 10.8. The lowest BCUT2D eigenvalue weighted by molar-refractivity contribution is -0.144. The molecule has 0 radical (unpaired) electrons. The number of anilines is 1. The van der Waals surface area contributed by atoms with Crippen molar-refractivity contribution in [2.24, 2.45) is 0 Å². The number of epoxide rings is 1. The zero-order chi connectivity index (χ0) is 23.5. The fourth-order valence-corrected chi connectivity index (χ4v) is 2.87. The van der Waals surface area contributed by atoms with E-state index in [1.54, 1.807) is 36.4 Å². The van der Waals surface area contributed by atoms with Crippen LogP contribution in [0.2, 0.25) is 0 Å². The Bertz CT molecular complexity index is 911. The van der Waals surface area contributed by atoms with Crippen molar-refractivity contribution in [1.29, 1.82) is 0 Å². The molecule has 1 saturated heterocycles. The van der Waals surface area contributed by atoms with E-state index in [0.717, 1.165) is 0 Å². The molecule has 9 heteroatoms. The second-order valence-corrected chi connectivity index (χ2v) is 7.45. The molecule has 0 spiro atoms. The summed E-state index contributed by atoms with van der Waals surface area (Å²) in [5.41, 5.74) is 0.666. The first-order chi connectivity index (χ1) is 16.0. The van der Waals surface area contributed by atoms with Crippen molar-refractivity contribution in [2.75, 3.05) is 38.9 Å². The molecule has 1 aliphatic heterocycles. The summed E-state index contributed by atoms with van der Waals surface area (Å²) >= 11 is 0. The summed E-state index contributed by atoms with van der Waals surface area (Å²) in [4.78, 5) is 23.7. The highest BCUT2D eigenvalue weighted by Crippen LogP contribution is 2.29. The van der Waals surface area contributed by atoms with Crippen molar-refractivity contribution >= 4 is 17.6 Å². The maximum Gasteiger partial charge on any atom is 0.306 e. The average molecular weight is 459 g/mol. The van der Waals surface area contributed by atoms with Crippen molar-refractivity contribution in [3.8, 4) is 23.0 Å². The van der Waals surface area contributed by atoms with Gasteiger partial charge in [0.25, 0.3) is 0 Å². The number of nitrogens with one attached hydrogen (secondary N) is 1. The number of amides is 1. The van der Waals surface area contributed by atoms with Crippen LogP contribution >= 0.6 is 0 Å². The van der Waals surface area contributed by atoms with E-state index in [1.807, 2.05) is 0 Å². The molecule has 1 amide bonds. The van der Waals surface area contributed by atoms with E-state index in [2.05, 4.69) is 5.32 Å². The fourth-order valence-electron chi connectivity index (χ4n) is 2.87. The van der Waals surface area contributed by atoms with Gasteiger partial charge in [0.05, 0.1) is 26.9 Å². The topological polar surface area (TPSA) is 116 Å². The van der Waals surface area contributed by atoms with Crippen LogP contribution in [-0.2, 0) is 19.1 Å². The molecule has 2 N–H and O–H groups in total. The van der Waals surface area contributed by atoms with Crippen molar-refractivity contribution in [3.63, 3.8) is 0 Å². The number of ether oxygens (including phenoxy) is 5. The van der Waals surface area contributed by atoms with Crippen molar-refractivity contribution < 1.29 is 38.4 Å². The van der Waals surface area contributed by atoms with Gasteiger partial charge in [0.1, 0.15) is 24.2 Å². The number of carbonyl (C=O) groups is 2. The smallest absolute Gasteiger partial charge is 0.306 e. The second-order valence-electron chi connectivity index (χ2n) is 7.45. The summed E-state index contributed by atoms with van der Waals surface area (Å²) < 4.78 is 26.2. The molecule has 178 valence electrons. The van der Waals surface area contributed by atoms with Crippen molar-refractivity contribution in [1.82, 2.24) is 0 Å². The zero-order valence-electron chi connectivity index (χ0n) is 18.6. The molecule has 1 fully saturated rings. The summed E-state index contributed by atoms with van der Waals surface area (Å²) in [7, 11) is 1.48. The predicted molar refractivity (Wildman–Crippen MR) is 120 cm³/mol. The summed E-state index contributed by atoms with van der Waals surface area (Å²) in [6, 6.07) is 11.8. The van der Waals surface area contributed by atoms with Gasteiger partial charge in [-0.15, -0.1) is 0 Å². The Balaban J connectivity index is 1.26. The van der Waals surface area contributed by atoms with Crippen LogP contribution in [0, 0.1) is 0 Å².